The minimum Gasteiger partial charge on any atom is -0.496 e. The minimum atomic E-state index is -0.105. The molecule has 19 heavy (non-hydrogen) atoms. The number of methoxy groups -OCH3 is 1. The zero-order valence-corrected chi connectivity index (χ0v) is 11.3. The van der Waals surface area contributed by atoms with Gasteiger partial charge in [-0.05, 0) is 30.3 Å². The molecule has 0 unspecified atom stereocenters. The first-order valence-electron chi connectivity index (χ1n) is 5.86. The van der Waals surface area contributed by atoms with E-state index in [1.807, 2.05) is 30.3 Å². The number of halogens is 1. The van der Waals surface area contributed by atoms with E-state index in [1.54, 1.807) is 25.3 Å². The molecule has 2 rings (SSSR count). The van der Waals surface area contributed by atoms with Crippen molar-refractivity contribution in [3.05, 3.63) is 59.1 Å². The lowest BCUT2D eigenvalue weighted by molar-refractivity contribution is -0.115. The predicted molar refractivity (Wildman–Crippen MR) is 76.8 cm³/mol. The topological polar surface area (TPSA) is 38.3 Å². The fraction of sp³-hybridized carbons (Fsp3) is 0.133. The number of amides is 1. The van der Waals surface area contributed by atoms with Crippen LogP contribution in [-0.2, 0) is 11.2 Å². The largest absolute Gasteiger partial charge is 0.496 e. The van der Waals surface area contributed by atoms with Crippen LogP contribution < -0.4 is 10.1 Å². The van der Waals surface area contributed by atoms with E-state index < -0.39 is 0 Å². The van der Waals surface area contributed by atoms with Gasteiger partial charge >= 0.3 is 0 Å². The Labute approximate surface area is 117 Å². The smallest absolute Gasteiger partial charge is 0.228 e. The molecule has 3 nitrogen and oxygen atoms in total. The Bertz CT molecular complexity index is 570. The van der Waals surface area contributed by atoms with Crippen molar-refractivity contribution < 1.29 is 9.53 Å². The Hall–Kier alpha value is -2.00. The summed E-state index contributed by atoms with van der Waals surface area (Å²) in [5.41, 5.74) is 1.54. The number of para-hydroxylation sites is 1. The van der Waals surface area contributed by atoms with E-state index in [-0.39, 0.29) is 12.3 Å². The maximum absolute atomic E-state index is 12.0. The van der Waals surface area contributed by atoms with Crippen molar-refractivity contribution in [3.8, 4) is 5.75 Å². The van der Waals surface area contributed by atoms with E-state index in [0.717, 1.165) is 11.3 Å². The number of benzene rings is 2. The average Bonchev–Trinajstić information content (AvgIpc) is 2.40. The number of carbonyl (C=O) groups is 1. The fourth-order valence-electron chi connectivity index (χ4n) is 1.78. The Balaban J connectivity index is 2.09. The molecule has 1 N–H and O–H groups in total. The Kier molecular flexibility index (Phi) is 4.42. The zero-order chi connectivity index (χ0) is 13.7. The molecule has 0 bridgehead atoms. The molecular weight excluding hydrogens is 262 g/mol. The lowest BCUT2D eigenvalue weighted by Gasteiger charge is -2.09. The number of rotatable bonds is 4. The van der Waals surface area contributed by atoms with Gasteiger partial charge in [0.15, 0.2) is 0 Å². The first kappa shape index (κ1) is 13.4. The van der Waals surface area contributed by atoms with Gasteiger partial charge in [0.1, 0.15) is 5.75 Å². The van der Waals surface area contributed by atoms with Crippen LogP contribution in [0.1, 0.15) is 5.56 Å². The van der Waals surface area contributed by atoms with Crippen LogP contribution in [0.3, 0.4) is 0 Å². The van der Waals surface area contributed by atoms with E-state index in [2.05, 4.69) is 5.32 Å². The molecule has 4 heteroatoms. The van der Waals surface area contributed by atoms with Crippen LogP contribution >= 0.6 is 11.6 Å². The van der Waals surface area contributed by atoms with E-state index in [1.165, 1.54) is 0 Å². The predicted octanol–water partition coefficient (Wildman–Crippen LogP) is 3.53. The number of ether oxygens (including phenoxy) is 1. The first-order chi connectivity index (χ1) is 9.19. The third-order valence-corrected chi connectivity index (χ3v) is 2.89. The van der Waals surface area contributed by atoms with Crippen molar-refractivity contribution >= 4 is 23.2 Å². The quantitative estimate of drug-likeness (QED) is 0.927. The van der Waals surface area contributed by atoms with E-state index in [9.17, 15) is 4.79 Å². The van der Waals surface area contributed by atoms with Crippen LogP contribution in [0.25, 0.3) is 0 Å². The summed E-state index contributed by atoms with van der Waals surface area (Å²) in [6, 6.07) is 14.6. The maximum atomic E-state index is 12.0. The van der Waals surface area contributed by atoms with Crippen LogP contribution in [0, 0.1) is 0 Å². The molecule has 0 aliphatic heterocycles. The summed E-state index contributed by atoms with van der Waals surface area (Å²) in [4.78, 5) is 12.0. The Morgan fingerprint density at radius 1 is 1.21 bits per heavy atom. The molecular formula is C15H14ClNO2. The number of hydrogen-bond acceptors (Lipinski definition) is 2. The highest BCUT2D eigenvalue weighted by atomic mass is 35.5. The van der Waals surface area contributed by atoms with Gasteiger partial charge in [0.05, 0.1) is 13.5 Å². The summed E-state index contributed by atoms with van der Waals surface area (Å²) in [6.45, 7) is 0. The molecule has 0 aliphatic rings. The van der Waals surface area contributed by atoms with Gasteiger partial charge in [-0.3, -0.25) is 4.79 Å². The summed E-state index contributed by atoms with van der Waals surface area (Å²) in [5, 5.41) is 3.41. The fourth-order valence-corrected chi connectivity index (χ4v) is 1.98. The standard InChI is InChI=1S/C15H14ClNO2/c1-19-14-8-7-12(16)9-11(14)10-15(18)17-13-5-3-2-4-6-13/h2-9H,10H2,1H3,(H,17,18). The second-order valence-corrected chi connectivity index (χ2v) is 4.48. The second-order valence-electron chi connectivity index (χ2n) is 4.05. The highest BCUT2D eigenvalue weighted by Crippen LogP contribution is 2.23. The molecule has 0 aromatic heterocycles. The van der Waals surface area contributed by atoms with Crippen LogP contribution in [0.15, 0.2) is 48.5 Å². The average molecular weight is 276 g/mol. The molecule has 0 aliphatic carbocycles. The minimum absolute atomic E-state index is 0.105. The van der Waals surface area contributed by atoms with Crippen LogP contribution in [0.2, 0.25) is 5.02 Å². The van der Waals surface area contributed by atoms with Crippen molar-refractivity contribution in [2.75, 3.05) is 12.4 Å². The van der Waals surface area contributed by atoms with Gasteiger partial charge in [0, 0.05) is 16.3 Å². The second kappa shape index (κ2) is 6.25. The third kappa shape index (κ3) is 3.73. The molecule has 2 aromatic rings. The van der Waals surface area contributed by atoms with E-state index in [0.29, 0.717) is 10.8 Å². The molecule has 0 saturated heterocycles. The summed E-state index contributed by atoms with van der Waals surface area (Å²) in [7, 11) is 1.57. The molecule has 0 atom stereocenters. The summed E-state index contributed by atoms with van der Waals surface area (Å²) in [5.74, 6) is 0.555. The monoisotopic (exact) mass is 275 g/mol. The van der Waals surface area contributed by atoms with Crippen molar-refractivity contribution in [2.45, 2.75) is 6.42 Å². The first-order valence-corrected chi connectivity index (χ1v) is 6.24. The number of anilines is 1. The number of hydrogen-bond donors (Lipinski definition) is 1. The molecule has 0 saturated carbocycles. The molecule has 0 fully saturated rings. The summed E-state index contributed by atoms with van der Waals surface area (Å²) < 4.78 is 5.21. The summed E-state index contributed by atoms with van der Waals surface area (Å²) in [6.07, 6.45) is 0.221. The highest BCUT2D eigenvalue weighted by molar-refractivity contribution is 6.30. The molecule has 1 amide bonds. The summed E-state index contributed by atoms with van der Waals surface area (Å²) >= 11 is 5.93. The van der Waals surface area contributed by atoms with E-state index >= 15 is 0 Å². The SMILES string of the molecule is COc1ccc(Cl)cc1CC(=O)Nc1ccccc1. The molecule has 0 heterocycles. The van der Waals surface area contributed by atoms with Gasteiger partial charge in [-0.25, -0.2) is 0 Å². The lowest BCUT2D eigenvalue weighted by atomic mass is 10.1. The highest BCUT2D eigenvalue weighted by Gasteiger charge is 2.09. The Morgan fingerprint density at radius 3 is 2.63 bits per heavy atom. The molecule has 0 radical (unpaired) electrons. The van der Waals surface area contributed by atoms with Gasteiger partial charge in [0.25, 0.3) is 0 Å². The number of nitrogens with one attached hydrogen (secondary N) is 1. The van der Waals surface area contributed by atoms with Gasteiger partial charge < -0.3 is 10.1 Å². The van der Waals surface area contributed by atoms with Gasteiger partial charge in [-0.2, -0.15) is 0 Å². The van der Waals surface area contributed by atoms with Crippen molar-refractivity contribution in [1.29, 1.82) is 0 Å². The van der Waals surface area contributed by atoms with Gasteiger partial charge in [0.2, 0.25) is 5.91 Å². The number of carbonyl (C=O) groups excluding carboxylic acids is 1. The van der Waals surface area contributed by atoms with Crippen LogP contribution in [0.5, 0.6) is 5.75 Å². The van der Waals surface area contributed by atoms with E-state index in [4.69, 9.17) is 16.3 Å². The van der Waals surface area contributed by atoms with Gasteiger partial charge in [-0.1, -0.05) is 29.8 Å². The molecule has 98 valence electrons. The van der Waals surface area contributed by atoms with Crippen molar-refractivity contribution in [2.24, 2.45) is 0 Å². The van der Waals surface area contributed by atoms with Crippen molar-refractivity contribution in [1.82, 2.24) is 0 Å². The zero-order valence-electron chi connectivity index (χ0n) is 10.5. The molecule has 0 spiro atoms. The third-order valence-electron chi connectivity index (χ3n) is 2.65. The van der Waals surface area contributed by atoms with Gasteiger partial charge in [-0.15, -0.1) is 0 Å². The normalized spacial score (nSPS) is 10.0. The van der Waals surface area contributed by atoms with Crippen LogP contribution in [0.4, 0.5) is 5.69 Å². The van der Waals surface area contributed by atoms with Crippen molar-refractivity contribution in [3.63, 3.8) is 0 Å². The lowest BCUT2D eigenvalue weighted by Crippen LogP contribution is -2.14. The maximum Gasteiger partial charge on any atom is 0.228 e. The Morgan fingerprint density at radius 2 is 1.95 bits per heavy atom. The van der Waals surface area contributed by atoms with Crippen LogP contribution in [-0.4, -0.2) is 13.0 Å². The molecule has 2 aromatic carbocycles.